The van der Waals surface area contributed by atoms with Crippen molar-refractivity contribution in [1.82, 2.24) is 19.8 Å². The molecule has 166 valence electrons. The third-order valence-corrected chi connectivity index (χ3v) is 6.06. The summed E-state index contributed by atoms with van der Waals surface area (Å²) in [7, 11) is 0. The van der Waals surface area contributed by atoms with E-state index in [1.54, 1.807) is 16.0 Å². The van der Waals surface area contributed by atoms with Gasteiger partial charge in [-0.3, -0.25) is 14.6 Å². The van der Waals surface area contributed by atoms with Gasteiger partial charge in [0.05, 0.1) is 23.4 Å². The lowest BCUT2D eigenvalue weighted by Gasteiger charge is -2.34. The molecule has 0 N–H and O–H groups in total. The molecular formula is C22H19F3N4O2S. The normalized spacial score (nSPS) is 14.5. The molecule has 10 heteroatoms. The second kappa shape index (κ2) is 9.07. The van der Waals surface area contributed by atoms with Crippen molar-refractivity contribution >= 4 is 23.2 Å². The third kappa shape index (κ3) is 4.96. The number of piperazine rings is 1. The molecule has 6 nitrogen and oxygen atoms in total. The Hall–Kier alpha value is -3.27. The molecule has 1 aliphatic rings. The molecule has 0 saturated carbocycles. The van der Waals surface area contributed by atoms with Crippen LogP contribution in [0.25, 0.3) is 10.7 Å². The minimum Gasteiger partial charge on any atom is -0.339 e. The molecule has 0 bridgehead atoms. The highest BCUT2D eigenvalue weighted by molar-refractivity contribution is 7.13. The minimum absolute atomic E-state index is 0.0792. The standard InChI is InChI=1S/C22H19F3N4O2S/c23-22(24,25)16-6-4-15(5-7-16)21(31)29-11-9-28(10-12-29)19(30)13-17-14-32-20(27-17)18-3-1-2-8-26-18/h1-8,14H,9-13H2. The quantitative estimate of drug-likeness (QED) is 0.595. The van der Waals surface area contributed by atoms with Crippen molar-refractivity contribution in [2.45, 2.75) is 12.6 Å². The molecule has 2 aromatic heterocycles. The van der Waals surface area contributed by atoms with E-state index in [9.17, 15) is 22.8 Å². The van der Waals surface area contributed by atoms with Gasteiger partial charge >= 0.3 is 6.18 Å². The first kappa shape index (κ1) is 21.9. The van der Waals surface area contributed by atoms with E-state index in [1.807, 2.05) is 23.6 Å². The molecule has 1 aliphatic heterocycles. The maximum Gasteiger partial charge on any atom is 0.416 e. The number of halogens is 3. The number of hydrogen-bond donors (Lipinski definition) is 0. The molecule has 0 radical (unpaired) electrons. The zero-order valence-corrected chi connectivity index (χ0v) is 17.7. The van der Waals surface area contributed by atoms with E-state index in [4.69, 9.17) is 0 Å². The molecule has 1 fully saturated rings. The number of nitrogens with zero attached hydrogens (tertiary/aromatic N) is 4. The summed E-state index contributed by atoms with van der Waals surface area (Å²) in [5, 5.41) is 2.59. The van der Waals surface area contributed by atoms with Gasteiger partial charge in [0, 0.05) is 43.3 Å². The van der Waals surface area contributed by atoms with E-state index < -0.39 is 11.7 Å². The first-order valence-corrected chi connectivity index (χ1v) is 10.8. The number of alkyl halides is 3. The SMILES string of the molecule is O=C(Cc1csc(-c2ccccn2)n1)N1CCN(C(=O)c2ccc(C(F)(F)F)cc2)CC1. The van der Waals surface area contributed by atoms with Crippen LogP contribution in [0.4, 0.5) is 13.2 Å². The van der Waals surface area contributed by atoms with E-state index in [0.717, 1.165) is 22.8 Å². The number of carbonyl (C=O) groups is 2. The average Bonchev–Trinajstić information content (AvgIpc) is 3.27. The topological polar surface area (TPSA) is 66.4 Å². The first-order chi connectivity index (χ1) is 15.3. The summed E-state index contributed by atoms with van der Waals surface area (Å²) < 4.78 is 38.1. The Balaban J connectivity index is 1.31. The summed E-state index contributed by atoms with van der Waals surface area (Å²) in [6.07, 6.45) is -2.59. The highest BCUT2D eigenvalue weighted by atomic mass is 32.1. The summed E-state index contributed by atoms with van der Waals surface area (Å²) in [6.45, 7) is 1.37. The van der Waals surface area contributed by atoms with E-state index in [2.05, 4.69) is 9.97 Å². The minimum atomic E-state index is -4.44. The third-order valence-electron chi connectivity index (χ3n) is 5.15. The fourth-order valence-corrected chi connectivity index (χ4v) is 4.20. The Bertz CT molecular complexity index is 1090. The van der Waals surface area contributed by atoms with E-state index in [-0.39, 0.29) is 23.8 Å². The number of thiazole rings is 1. The highest BCUT2D eigenvalue weighted by Crippen LogP contribution is 2.29. The maximum atomic E-state index is 12.7. The second-order valence-electron chi connectivity index (χ2n) is 7.28. The summed E-state index contributed by atoms with van der Waals surface area (Å²) in [5.74, 6) is -0.421. The largest absolute Gasteiger partial charge is 0.416 e. The van der Waals surface area contributed by atoms with Crippen LogP contribution in [0.1, 0.15) is 21.6 Å². The number of pyridine rings is 1. The van der Waals surface area contributed by atoms with Crippen molar-refractivity contribution in [3.8, 4) is 10.7 Å². The monoisotopic (exact) mass is 460 g/mol. The van der Waals surface area contributed by atoms with Gasteiger partial charge in [0.2, 0.25) is 5.91 Å². The van der Waals surface area contributed by atoms with Crippen LogP contribution in [0.5, 0.6) is 0 Å². The molecule has 0 unspecified atom stereocenters. The zero-order chi connectivity index (χ0) is 22.7. The predicted octanol–water partition coefficient (Wildman–Crippen LogP) is 3.75. The van der Waals surface area contributed by atoms with E-state index in [0.29, 0.717) is 31.9 Å². The number of aromatic nitrogens is 2. The molecule has 0 aliphatic carbocycles. The summed E-state index contributed by atoms with van der Waals surface area (Å²) in [5.41, 5.74) is 0.829. The highest BCUT2D eigenvalue weighted by Gasteiger charge is 2.31. The second-order valence-corrected chi connectivity index (χ2v) is 8.14. The van der Waals surface area contributed by atoms with Crippen LogP contribution >= 0.6 is 11.3 Å². The Morgan fingerprint density at radius 2 is 1.66 bits per heavy atom. The van der Waals surface area contributed by atoms with E-state index >= 15 is 0 Å². The average molecular weight is 460 g/mol. The van der Waals surface area contributed by atoms with Crippen molar-refractivity contribution in [2.75, 3.05) is 26.2 Å². The lowest BCUT2D eigenvalue weighted by atomic mass is 10.1. The Morgan fingerprint density at radius 3 is 2.28 bits per heavy atom. The van der Waals surface area contributed by atoms with Crippen molar-refractivity contribution in [3.05, 3.63) is 70.9 Å². The maximum absolute atomic E-state index is 12.7. The van der Waals surface area contributed by atoms with Crippen LogP contribution in [0.3, 0.4) is 0 Å². The molecule has 1 saturated heterocycles. The molecule has 2 amide bonds. The Labute approximate surface area is 186 Å². The van der Waals surface area contributed by atoms with Crippen molar-refractivity contribution in [1.29, 1.82) is 0 Å². The fourth-order valence-electron chi connectivity index (χ4n) is 3.41. The van der Waals surface area contributed by atoms with Gasteiger partial charge in [-0.05, 0) is 36.4 Å². The van der Waals surface area contributed by atoms with Gasteiger partial charge in [0.1, 0.15) is 5.01 Å². The van der Waals surface area contributed by atoms with Crippen LogP contribution in [-0.2, 0) is 17.4 Å². The van der Waals surface area contributed by atoms with Crippen LogP contribution in [0.15, 0.2) is 54.0 Å². The zero-order valence-electron chi connectivity index (χ0n) is 16.9. The van der Waals surface area contributed by atoms with Crippen molar-refractivity contribution < 1.29 is 22.8 Å². The fraction of sp³-hybridized carbons (Fsp3) is 0.273. The van der Waals surface area contributed by atoms with Gasteiger partial charge in [-0.1, -0.05) is 6.07 Å². The molecule has 4 rings (SSSR count). The number of carbonyl (C=O) groups excluding carboxylic acids is 2. The van der Waals surface area contributed by atoms with Crippen molar-refractivity contribution in [2.24, 2.45) is 0 Å². The van der Waals surface area contributed by atoms with Crippen molar-refractivity contribution in [3.63, 3.8) is 0 Å². The lowest BCUT2D eigenvalue weighted by Crippen LogP contribution is -2.51. The Morgan fingerprint density at radius 1 is 0.969 bits per heavy atom. The molecule has 3 heterocycles. The van der Waals surface area contributed by atoms with Crippen LogP contribution in [-0.4, -0.2) is 57.8 Å². The lowest BCUT2D eigenvalue weighted by molar-refractivity contribution is -0.137. The van der Waals surface area contributed by atoms with Crippen LogP contribution in [0, 0.1) is 0 Å². The molecule has 0 spiro atoms. The van der Waals surface area contributed by atoms with Gasteiger partial charge in [0.25, 0.3) is 5.91 Å². The number of hydrogen-bond acceptors (Lipinski definition) is 5. The summed E-state index contributed by atoms with van der Waals surface area (Å²) in [6, 6.07) is 9.73. The Kier molecular flexibility index (Phi) is 6.22. The van der Waals surface area contributed by atoms with Gasteiger partial charge < -0.3 is 9.80 Å². The van der Waals surface area contributed by atoms with Gasteiger partial charge in [-0.15, -0.1) is 11.3 Å². The number of amides is 2. The van der Waals surface area contributed by atoms with Gasteiger partial charge in [0.15, 0.2) is 0 Å². The number of rotatable bonds is 4. The van der Waals surface area contributed by atoms with Gasteiger partial charge in [-0.25, -0.2) is 4.98 Å². The van der Waals surface area contributed by atoms with E-state index in [1.165, 1.54) is 23.5 Å². The molecule has 32 heavy (non-hydrogen) atoms. The molecule has 1 aromatic carbocycles. The smallest absolute Gasteiger partial charge is 0.339 e. The first-order valence-electron chi connectivity index (χ1n) is 9.91. The van der Waals surface area contributed by atoms with Crippen LogP contribution in [0.2, 0.25) is 0 Å². The number of benzene rings is 1. The predicted molar refractivity (Wildman–Crippen MR) is 113 cm³/mol. The van der Waals surface area contributed by atoms with Gasteiger partial charge in [-0.2, -0.15) is 13.2 Å². The summed E-state index contributed by atoms with van der Waals surface area (Å²) >= 11 is 1.43. The molecular weight excluding hydrogens is 441 g/mol. The molecule has 0 atom stereocenters. The molecule has 3 aromatic rings. The summed E-state index contributed by atoms with van der Waals surface area (Å²) in [4.78, 5) is 37.2. The van der Waals surface area contributed by atoms with Crippen LogP contribution < -0.4 is 0 Å².